The van der Waals surface area contributed by atoms with Gasteiger partial charge in [-0.15, -0.1) is 6.58 Å². The molecule has 1 aromatic rings. The zero-order valence-corrected chi connectivity index (χ0v) is 11.6. The van der Waals surface area contributed by atoms with Crippen LogP contribution in [0.15, 0.2) is 48.3 Å². The number of aliphatic hydroxyl groups is 1. The van der Waals surface area contributed by atoms with Gasteiger partial charge in [0.15, 0.2) is 0 Å². The summed E-state index contributed by atoms with van der Waals surface area (Å²) < 4.78 is 37.8. The zero-order chi connectivity index (χ0) is 16.0. The van der Waals surface area contributed by atoms with Gasteiger partial charge in [-0.25, -0.2) is 0 Å². The molecular weight excluding hydrogens is 301 g/mol. The second-order valence-corrected chi connectivity index (χ2v) is 4.37. The van der Waals surface area contributed by atoms with E-state index in [1.54, 1.807) is 6.07 Å². The molecule has 3 nitrogen and oxygen atoms in total. The largest absolute Gasteiger partial charge is 0.510 e. The highest BCUT2D eigenvalue weighted by Gasteiger charge is 2.30. The van der Waals surface area contributed by atoms with Crippen LogP contribution >= 0.6 is 12.2 Å². The van der Waals surface area contributed by atoms with Crippen LogP contribution < -0.4 is 5.32 Å². The number of alkyl halides is 3. The SMILES string of the molecule is C=CCC(O)=C(C#N)C(=S)Nc1cccc(C(F)(F)F)c1. The van der Waals surface area contributed by atoms with Gasteiger partial charge < -0.3 is 10.4 Å². The van der Waals surface area contributed by atoms with Crippen LogP contribution in [0.3, 0.4) is 0 Å². The maximum Gasteiger partial charge on any atom is 0.416 e. The smallest absolute Gasteiger partial charge is 0.416 e. The number of benzene rings is 1. The van der Waals surface area contributed by atoms with E-state index < -0.39 is 11.7 Å². The number of aliphatic hydroxyl groups excluding tert-OH is 1. The summed E-state index contributed by atoms with van der Waals surface area (Å²) in [6.07, 6.45) is -3.06. The predicted octanol–water partition coefficient (Wildman–Crippen LogP) is 4.36. The van der Waals surface area contributed by atoms with Gasteiger partial charge in [-0.2, -0.15) is 18.4 Å². The summed E-state index contributed by atoms with van der Waals surface area (Å²) in [5.74, 6) is -0.294. The Morgan fingerprint density at radius 1 is 1.48 bits per heavy atom. The molecule has 1 aromatic carbocycles. The van der Waals surface area contributed by atoms with E-state index in [0.29, 0.717) is 0 Å². The van der Waals surface area contributed by atoms with E-state index in [0.717, 1.165) is 12.1 Å². The third-order valence-corrected chi connectivity index (χ3v) is 2.72. The van der Waals surface area contributed by atoms with Crippen molar-refractivity contribution in [3.05, 3.63) is 53.8 Å². The van der Waals surface area contributed by atoms with Gasteiger partial charge in [-0.1, -0.05) is 24.4 Å². The lowest BCUT2D eigenvalue weighted by molar-refractivity contribution is -0.137. The Kier molecular flexibility index (Phi) is 5.50. The molecular formula is C14H11F3N2OS. The molecule has 0 fully saturated rings. The second-order valence-electron chi connectivity index (χ2n) is 3.96. The number of hydrogen-bond donors (Lipinski definition) is 2. The molecule has 0 radical (unpaired) electrons. The van der Waals surface area contributed by atoms with Gasteiger partial charge in [-0.05, 0) is 18.2 Å². The standard InChI is InChI=1S/C14H11F3N2OS/c1-2-4-12(20)11(8-18)13(21)19-10-6-3-5-9(7-10)14(15,16)17/h2-3,5-7,20H,1,4H2,(H,19,21). The minimum atomic E-state index is -4.47. The quantitative estimate of drug-likeness (QED) is 0.285. The summed E-state index contributed by atoms with van der Waals surface area (Å²) in [6.45, 7) is 3.41. The first-order chi connectivity index (χ1) is 9.79. The number of anilines is 1. The van der Waals surface area contributed by atoms with Crippen LogP contribution in [0.5, 0.6) is 0 Å². The van der Waals surface area contributed by atoms with Gasteiger partial charge in [0.05, 0.1) is 5.56 Å². The average molecular weight is 312 g/mol. The van der Waals surface area contributed by atoms with Crippen molar-refractivity contribution in [2.24, 2.45) is 0 Å². The van der Waals surface area contributed by atoms with E-state index >= 15 is 0 Å². The Hall–Kier alpha value is -2.33. The van der Waals surface area contributed by atoms with E-state index in [9.17, 15) is 18.3 Å². The molecule has 0 aliphatic carbocycles. The fourth-order valence-corrected chi connectivity index (χ4v) is 1.73. The third kappa shape index (κ3) is 4.61. The monoisotopic (exact) mass is 312 g/mol. The summed E-state index contributed by atoms with van der Waals surface area (Å²) in [7, 11) is 0. The zero-order valence-electron chi connectivity index (χ0n) is 10.7. The highest BCUT2D eigenvalue weighted by Crippen LogP contribution is 2.30. The van der Waals surface area contributed by atoms with Gasteiger partial charge in [0.1, 0.15) is 22.4 Å². The molecule has 0 aliphatic rings. The molecule has 2 N–H and O–H groups in total. The van der Waals surface area contributed by atoms with E-state index in [4.69, 9.17) is 17.5 Å². The molecule has 7 heteroatoms. The maximum absolute atomic E-state index is 12.6. The van der Waals surface area contributed by atoms with Crippen LogP contribution in [0.25, 0.3) is 0 Å². The molecule has 0 bridgehead atoms. The third-order valence-electron chi connectivity index (χ3n) is 2.41. The molecule has 0 amide bonds. The summed E-state index contributed by atoms with van der Waals surface area (Å²) in [4.78, 5) is -0.156. The minimum Gasteiger partial charge on any atom is -0.510 e. The van der Waals surface area contributed by atoms with Crippen molar-refractivity contribution in [3.8, 4) is 6.07 Å². The number of halogens is 3. The first kappa shape index (κ1) is 16.7. The number of allylic oxidation sites excluding steroid dienone is 1. The summed E-state index contributed by atoms with van der Waals surface area (Å²) in [5, 5.41) is 21.1. The summed E-state index contributed by atoms with van der Waals surface area (Å²) in [6, 6.07) is 6.09. The van der Waals surface area contributed by atoms with Gasteiger partial charge in [0.25, 0.3) is 0 Å². The van der Waals surface area contributed by atoms with Crippen molar-refractivity contribution in [2.45, 2.75) is 12.6 Å². The van der Waals surface area contributed by atoms with Crippen molar-refractivity contribution in [2.75, 3.05) is 5.32 Å². The fourth-order valence-electron chi connectivity index (χ4n) is 1.45. The van der Waals surface area contributed by atoms with Crippen molar-refractivity contribution in [1.82, 2.24) is 0 Å². The Morgan fingerprint density at radius 3 is 2.67 bits per heavy atom. The molecule has 0 saturated carbocycles. The van der Waals surface area contributed by atoms with Crippen LogP contribution in [-0.2, 0) is 6.18 Å². The van der Waals surface area contributed by atoms with Crippen molar-refractivity contribution in [3.63, 3.8) is 0 Å². The molecule has 0 atom stereocenters. The van der Waals surface area contributed by atoms with Gasteiger partial charge >= 0.3 is 6.18 Å². The predicted molar refractivity (Wildman–Crippen MR) is 77.7 cm³/mol. The molecule has 110 valence electrons. The molecule has 0 spiro atoms. The summed E-state index contributed by atoms with van der Waals surface area (Å²) >= 11 is 4.92. The van der Waals surface area contributed by atoms with E-state index in [1.165, 1.54) is 18.2 Å². The van der Waals surface area contributed by atoms with Gasteiger partial charge in [-0.3, -0.25) is 0 Å². The maximum atomic E-state index is 12.6. The number of nitrogens with one attached hydrogen (secondary N) is 1. The van der Waals surface area contributed by atoms with Crippen molar-refractivity contribution in [1.29, 1.82) is 5.26 Å². The number of nitriles is 1. The van der Waals surface area contributed by atoms with Crippen LogP contribution in [0.1, 0.15) is 12.0 Å². The molecule has 1 rings (SSSR count). The summed E-state index contributed by atoms with van der Waals surface area (Å²) in [5.41, 5.74) is -0.968. The van der Waals surface area contributed by atoms with E-state index in [1.807, 2.05) is 0 Å². The Balaban J connectivity index is 3.01. The molecule has 0 aromatic heterocycles. The highest BCUT2D eigenvalue weighted by molar-refractivity contribution is 7.81. The van der Waals surface area contributed by atoms with Gasteiger partial charge in [0.2, 0.25) is 0 Å². The average Bonchev–Trinajstić information content (AvgIpc) is 2.39. The van der Waals surface area contributed by atoms with Crippen LogP contribution in [-0.4, -0.2) is 10.1 Å². The fraction of sp³-hybridized carbons (Fsp3) is 0.143. The van der Waals surface area contributed by atoms with Crippen LogP contribution in [0, 0.1) is 11.3 Å². The van der Waals surface area contributed by atoms with Crippen molar-refractivity contribution < 1.29 is 18.3 Å². The molecule has 0 heterocycles. The minimum absolute atomic E-state index is 0.0350. The lowest BCUT2D eigenvalue weighted by Crippen LogP contribution is -2.14. The van der Waals surface area contributed by atoms with Crippen LogP contribution in [0.4, 0.5) is 18.9 Å². The molecule has 0 saturated heterocycles. The number of hydrogen-bond acceptors (Lipinski definition) is 3. The first-order valence-corrected chi connectivity index (χ1v) is 6.12. The normalized spacial score (nSPS) is 12.1. The Labute approximate surface area is 125 Å². The Bertz CT molecular complexity index is 630. The van der Waals surface area contributed by atoms with E-state index in [2.05, 4.69) is 11.9 Å². The first-order valence-electron chi connectivity index (χ1n) is 5.71. The second kappa shape index (κ2) is 6.90. The lowest BCUT2D eigenvalue weighted by Gasteiger charge is -2.11. The Morgan fingerprint density at radius 2 is 2.14 bits per heavy atom. The van der Waals surface area contributed by atoms with Gasteiger partial charge in [0, 0.05) is 12.1 Å². The number of nitrogens with zero attached hydrogens (tertiary/aromatic N) is 1. The van der Waals surface area contributed by atoms with E-state index in [-0.39, 0.29) is 28.4 Å². The van der Waals surface area contributed by atoms with Crippen molar-refractivity contribution >= 4 is 22.9 Å². The number of rotatable bonds is 4. The highest BCUT2D eigenvalue weighted by atomic mass is 32.1. The number of thiocarbonyl (C=S) groups is 1. The topological polar surface area (TPSA) is 56.0 Å². The lowest BCUT2D eigenvalue weighted by atomic mass is 10.1. The van der Waals surface area contributed by atoms with Crippen LogP contribution in [0.2, 0.25) is 0 Å². The molecule has 0 unspecified atom stereocenters. The molecule has 21 heavy (non-hydrogen) atoms. The molecule has 0 aliphatic heterocycles.